The van der Waals surface area contributed by atoms with Crippen molar-refractivity contribution in [3.63, 3.8) is 0 Å². The third kappa shape index (κ3) is 4.57. The minimum Gasteiger partial charge on any atom is -0.545 e. The summed E-state index contributed by atoms with van der Waals surface area (Å²) in [6.07, 6.45) is 2.31. The Kier molecular flexibility index (Phi) is 5.51. The number of nitrogens with zero attached hydrogens (tertiary/aromatic N) is 1. The van der Waals surface area contributed by atoms with Crippen molar-refractivity contribution in [2.24, 2.45) is 0 Å². The van der Waals surface area contributed by atoms with Crippen molar-refractivity contribution >= 4 is 17.7 Å². The summed E-state index contributed by atoms with van der Waals surface area (Å²) in [6.45, 7) is 0.211. The fourth-order valence-electron chi connectivity index (χ4n) is 1.95. The van der Waals surface area contributed by atoms with Crippen LogP contribution in [0, 0.1) is 10.1 Å². The van der Waals surface area contributed by atoms with Crippen LogP contribution in [-0.4, -0.2) is 18.0 Å². The number of methoxy groups -OCH3 is 1. The van der Waals surface area contributed by atoms with Crippen molar-refractivity contribution in [3.8, 4) is 11.5 Å². The summed E-state index contributed by atoms with van der Waals surface area (Å²) in [5.74, 6) is -0.369. The second-order valence-electron chi connectivity index (χ2n) is 4.77. The lowest BCUT2D eigenvalue weighted by Crippen LogP contribution is -2.18. The van der Waals surface area contributed by atoms with Gasteiger partial charge in [-0.05, 0) is 41.5 Å². The Morgan fingerprint density at radius 3 is 2.46 bits per heavy atom. The zero-order valence-corrected chi connectivity index (χ0v) is 12.8. The first-order chi connectivity index (χ1) is 11.5. The molecule has 0 aliphatic rings. The molecule has 0 saturated carbocycles. The molecule has 0 N–H and O–H groups in total. The number of nitro benzene ring substituents is 1. The molecule has 0 radical (unpaired) electrons. The second-order valence-corrected chi connectivity index (χ2v) is 4.77. The second kappa shape index (κ2) is 7.77. The van der Waals surface area contributed by atoms with Gasteiger partial charge in [0.2, 0.25) is 0 Å². The van der Waals surface area contributed by atoms with Gasteiger partial charge in [-0.3, -0.25) is 10.1 Å². The van der Waals surface area contributed by atoms with Gasteiger partial charge in [-0.2, -0.15) is 0 Å². The molecular weight excluding hydrogens is 314 g/mol. The highest BCUT2D eigenvalue weighted by molar-refractivity contribution is 5.83. The highest BCUT2D eigenvalue weighted by Gasteiger charge is 2.07. The fourth-order valence-corrected chi connectivity index (χ4v) is 1.95. The first kappa shape index (κ1) is 17.0. The number of carbonyl (C=O) groups is 1. The maximum Gasteiger partial charge on any atom is 0.269 e. The Morgan fingerprint density at radius 1 is 1.17 bits per heavy atom. The summed E-state index contributed by atoms with van der Waals surface area (Å²) in [5.41, 5.74) is 1.41. The highest BCUT2D eigenvalue weighted by atomic mass is 16.6. The number of carbonyl (C=O) groups excluding carboxylic acids is 1. The number of hydrogen-bond donors (Lipinski definition) is 0. The number of aliphatic carboxylic acids is 1. The van der Waals surface area contributed by atoms with Crippen LogP contribution in [0.1, 0.15) is 11.1 Å². The first-order valence-electron chi connectivity index (χ1n) is 6.93. The largest absolute Gasteiger partial charge is 0.545 e. The van der Waals surface area contributed by atoms with Crippen LogP contribution >= 0.6 is 0 Å². The predicted molar refractivity (Wildman–Crippen MR) is 84.5 cm³/mol. The van der Waals surface area contributed by atoms with Crippen LogP contribution in [0.4, 0.5) is 5.69 Å². The van der Waals surface area contributed by atoms with Crippen LogP contribution in [0.5, 0.6) is 11.5 Å². The van der Waals surface area contributed by atoms with Gasteiger partial charge >= 0.3 is 0 Å². The first-order valence-corrected chi connectivity index (χ1v) is 6.93. The third-order valence-corrected chi connectivity index (χ3v) is 3.14. The van der Waals surface area contributed by atoms with Crippen molar-refractivity contribution in [3.05, 3.63) is 69.8 Å². The SMILES string of the molecule is COc1cc(/C=C/C(=O)[O-])ccc1OCc1ccc([N+](=O)[O-])cc1. The van der Waals surface area contributed by atoms with Crippen LogP contribution in [-0.2, 0) is 11.4 Å². The minimum atomic E-state index is -1.28. The molecule has 24 heavy (non-hydrogen) atoms. The maximum absolute atomic E-state index is 10.6. The average molecular weight is 328 g/mol. The lowest BCUT2D eigenvalue weighted by atomic mass is 10.2. The molecule has 0 aliphatic carbocycles. The van der Waals surface area contributed by atoms with Crippen molar-refractivity contribution < 1.29 is 24.3 Å². The van der Waals surface area contributed by atoms with Crippen LogP contribution in [0.2, 0.25) is 0 Å². The van der Waals surface area contributed by atoms with Gasteiger partial charge < -0.3 is 19.4 Å². The Morgan fingerprint density at radius 2 is 1.88 bits per heavy atom. The highest BCUT2D eigenvalue weighted by Crippen LogP contribution is 2.29. The van der Waals surface area contributed by atoms with E-state index in [9.17, 15) is 20.0 Å². The topological polar surface area (TPSA) is 102 Å². The third-order valence-electron chi connectivity index (χ3n) is 3.14. The molecule has 124 valence electrons. The molecule has 0 aliphatic heterocycles. The Balaban J connectivity index is 2.08. The maximum atomic E-state index is 10.6. The average Bonchev–Trinajstić information content (AvgIpc) is 2.58. The molecule has 0 heterocycles. The number of benzene rings is 2. The van der Waals surface area contributed by atoms with Gasteiger partial charge in [0.15, 0.2) is 11.5 Å². The number of nitro groups is 1. The van der Waals surface area contributed by atoms with Crippen molar-refractivity contribution in [2.75, 3.05) is 7.11 Å². The monoisotopic (exact) mass is 328 g/mol. The van der Waals surface area contributed by atoms with Crippen LogP contribution in [0.3, 0.4) is 0 Å². The molecule has 0 aromatic heterocycles. The molecule has 7 nitrogen and oxygen atoms in total. The molecule has 0 amide bonds. The Bertz CT molecular complexity index is 767. The molecule has 0 bridgehead atoms. The fraction of sp³-hybridized carbons (Fsp3) is 0.118. The van der Waals surface area contributed by atoms with Gasteiger partial charge in [0, 0.05) is 12.1 Å². The van der Waals surface area contributed by atoms with E-state index in [1.165, 1.54) is 25.3 Å². The molecule has 2 aromatic rings. The predicted octanol–water partition coefficient (Wildman–Crippen LogP) is 1.95. The molecule has 0 unspecified atom stereocenters. The van der Waals surface area contributed by atoms with Gasteiger partial charge in [0.25, 0.3) is 5.69 Å². The molecule has 0 spiro atoms. The normalized spacial score (nSPS) is 10.5. The van der Waals surface area contributed by atoms with E-state index in [2.05, 4.69) is 0 Å². The Labute approximate surface area is 137 Å². The molecule has 0 fully saturated rings. The summed E-state index contributed by atoms with van der Waals surface area (Å²) in [5, 5.41) is 21.0. The lowest BCUT2D eigenvalue weighted by molar-refractivity contribution is -0.384. The van der Waals surface area contributed by atoms with Crippen LogP contribution in [0.15, 0.2) is 48.5 Å². The van der Waals surface area contributed by atoms with Gasteiger partial charge in [-0.25, -0.2) is 0 Å². The molecule has 0 saturated heterocycles. The standard InChI is InChI=1S/C17H15NO6/c1-23-16-10-12(5-9-17(19)20)4-8-15(16)24-11-13-2-6-14(7-3-13)18(21)22/h2-10H,11H2,1H3,(H,19,20)/p-1/b9-5+. The lowest BCUT2D eigenvalue weighted by Gasteiger charge is -2.11. The van der Waals surface area contributed by atoms with Gasteiger partial charge in [-0.1, -0.05) is 12.1 Å². The molecular formula is C17H14NO6-. The van der Waals surface area contributed by atoms with E-state index < -0.39 is 10.9 Å². The van der Waals surface area contributed by atoms with E-state index in [1.54, 1.807) is 30.3 Å². The zero-order chi connectivity index (χ0) is 17.5. The van der Waals surface area contributed by atoms with Crippen LogP contribution in [0.25, 0.3) is 6.08 Å². The summed E-state index contributed by atoms with van der Waals surface area (Å²) in [7, 11) is 1.47. The number of hydrogen-bond acceptors (Lipinski definition) is 6. The van der Waals surface area contributed by atoms with Crippen molar-refractivity contribution in [1.82, 2.24) is 0 Å². The zero-order valence-electron chi connectivity index (χ0n) is 12.8. The van der Waals surface area contributed by atoms with Crippen LogP contribution < -0.4 is 14.6 Å². The van der Waals surface area contributed by atoms with Gasteiger partial charge in [0.05, 0.1) is 18.0 Å². The molecule has 2 rings (SSSR count). The smallest absolute Gasteiger partial charge is 0.269 e. The van der Waals surface area contributed by atoms with E-state index >= 15 is 0 Å². The van der Waals surface area contributed by atoms with Crippen molar-refractivity contribution in [1.29, 1.82) is 0 Å². The van der Waals surface area contributed by atoms with E-state index in [4.69, 9.17) is 9.47 Å². The Hall–Kier alpha value is -3.35. The van der Waals surface area contributed by atoms with E-state index in [0.717, 1.165) is 11.6 Å². The summed E-state index contributed by atoms with van der Waals surface area (Å²) in [4.78, 5) is 20.6. The van der Waals surface area contributed by atoms with Gasteiger partial charge in [0.1, 0.15) is 6.61 Å². The van der Waals surface area contributed by atoms with E-state index in [-0.39, 0.29) is 12.3 Å². The summed E-state index contributed by atoms with van der Waals surface area (Å²) < 4.78 is 10.9. The number of ether oxygens (including phenoxy) is 2. The van der Waals surface area contributed by atoms with Crippen molar-refractivity contribution in [2.45, 2.75) is 6.61 Å². The number of carboxylic acids is 1. The number of non-ortho nitro benzene ring substituents is 1. The molecule has 2 aromatic carbocycles. The van der Waals surface area contributed by atoms with Gasteiger partial charge in [-0.15, -0.1) is 0 Å². The molecule has 0 atom stereocenters. The number of rotatable bonds is 7. The van der Waals surface area contributed by atoms with E-state index in [1.807, 2.05) is 0 Å². The summed E-state index contributed by atoms with van der Waals surface area (Å²) >= 11 is 0. The quantitative estimate of drug-likeness (QED) is 0.437. The summed E-state index contributed by atoms with van der Waals surface area (Å²) in [6, 6.07) is 11.0. The number of carboxylic acid groups (broad SMARTS) is 1. The minimum absolute atomic E-state index is 0.0143. The molecule has 7 heteroatoms. The van der Waals surface area contributed by atoms with E-state index in [0.29, 0.717) is 17.1 Å².